The number of aromatic nitrogens is 2. The minimum Gasteiger partial charge on any atom is -0.493 e. The van der Waals surface area contributed by atoms with E-state index < -0.39 is 0 Å². The summed E-state index contributed by atoms with van der Waals surface area (Å²) in [6.45, 7) is 1.77. The van der Waals surface area contributed by atoms with Crippen LogP contribution in [-0.4, -0.2) is 23.3 Å². The van der Waals surface area contributed by atoms with Crippen LogP contribution in [-0.2, 0) is 13.2 Å². The summed E-state index contributed by atoms with van der Waals surface area (Å²) in [5, 5.41) is 2.36. The number of rotatable bonds is 9. The highest BCUT2D eigenvalue weighted by Gasteiger charge is 2.12. The second kappa shape index (κ2) is 9.65. The smallest absolute Gasteiger partial charge is 0.161 e. The van der Waals surface area contributed by atoms with Gasteiger partial charge in [-0.1, -0.05) is 54.6 Å². The summed E-state index contributed by atoms with van der Waals surface area (Å²) < 4.78 is 19.7. The van der Waals surface area contributed by atoms with Gasteiger partial charge in [-0.05, 0) is 53.6 Å². The van der Waals surface area contributed by atoms with Crippen LogP contribution in [0.1, 0.15) is 12.2 Å². The fraction of sp³-hybridized carbons (Fsp3) is 0.179. The van der Waals surface area contributed by atoms with Crippen LogP contribution in [0, 0.1) is 0 Å². The van der Waals surface area contributed by atoms with Gasteiger partial charge in [0.05, 0.1) is 24.8 Å². The molecule has 5 nitrogen and oxygen atoms in total. The van der Waals surface area contributed by atoms with E-state index in [1.54, 1.807) is 7.11 Å². The Morgan fingerprint density at radius 3 is 2.39 bits per heavy atom. The summed E-state index contributed by atoms with van der Waals surface area (Å²) in [5.41, 5.74) is 2.08. The highest BCUT2D eigenvalue weighted by Crippen LogP contribution is 2.26. The number of para-hydroxylation sites is 4. The van der Waals surface area contributed by atoms with E-state index in [0.29, 0.717) is 13.2 Å². The first-order valence-electron chi connectivity index (χ1n) is 11.1. The fourth-order valence-corrected chi connectivity index (χ4v) is 4.03. The molecule has 0 aliphatic rings. The third kappa shape index (κ3) is 4.62. The van der Waals surface area contributed by atoms with Crippen LogP contribution in [0.3, 0.4) is 0 Å². The first-order chi connectivity index (χ1) is 16.3. The molecule has 0 radical (unpaired) electrons. The molecule has 0 aliphatic heterocycles. The van der Waals surface area contributed by atoms with Crippen molar-refractivity contribution in [3.8, 4) is 17.2 Å². The molecule has 0 aliphatic carbocycles. The topological polar surface area (TPSA) is 45.5 Å². The average Bonchev–Trinajstić information content (AvgIpc) is 3.23. The number of hydrogen-bond donors (Lipinski definition) is 0. The number of ether oxygens (including phenoxy) is 3. The van der Waals surface area contributed by atoms with Gasteiger partial charge >= 0.3 is 0 Å². The zero-order valence-corrected chi connectivity index (χ0v) is 18.6. The number of aryl methyl sites for hydroxylation is 1. The monoisotopic (exact) mass is 438 g/mol. The van der Waals surface area contributed by atoms with E-state index in [9.17, 15) is 0 Å². The van der Waals surface area contributed by atoms with E-state index in [0.717, 1.165) is 52.5 Å². The molecule has 0 spiro atoms. The minimum absolute atomic E-state index is 0.403. The highest BCUT2D eigenvalue weighted by atomic mass is 16.5. The summed E-state index contributed by atoms with van der Waals surface area (Å²) in [6.07, 6.45) is 0.835. The van der Waals surface area contributed by atoms with Crippen molar-refractivity contribution < 1.29 is 14.2 Å². The first kappa shape index (κ1) is 20.9. The molecule has 0 saturated carbocycles. The molecule has 5 aromatic rings. The van der Waals surface area contributed by atoms with Crippen molar-refractivity contribution in [2.75, 3.05) is 13.7 Å². The van der Waals surface area contributed by atoms with E-state index in [1.165, 1.54) is 5.39 Å². The maximum atomic E-state index is 6.15. The van der Waals surface area contributed by atoms with Crippen molar-refractivity contribution in [2.24, 2.45) is 0 Å². The molecular weight excluding hydrogens is 412 g/mol. The summed E-state index contributed by atoms with van der Waals surface area (Å²) in [6, 6.07) is 30.4. The lowest BCUT2D eigenvalue weighted by Gasteiger charge is -2.13. The summed E-state index contributed by atoms with van der Waals surface area (Å²) in [7, 11) is 1.65. The predicted octanol–water partition coefficient (Wildman–Crippen LogP) is 6.25. The van der Waals surface area contributed by atoms with E-state index >= 15 is 0 Å². The Hall–Kier alpha value is -3.99. The van der Waals surface area contributed by atoms with Crippen molar-refractivity contribution in [3.63, 3.8) is 0 Å². The van der Waals surface area contributed by atoms with Crippen LogP contribution in [0.2, 0.25) is 0 Å². The molecule has 5 heteroatoms. The number of nitrogens with zero attached hydrogens (tertiary/aromatic N) is 2. The van der Waals surface area contributed by atoms with Crippen LogP contribution in [0.15, 0.2) is 91.0 Å². The first-order valence-corrected chi connectivity index (χ1v) is 11.1. The molecule has 0 atom stereocenters. The molecule has 0 bridgehead atoms. The third-order valence-corrected chi connectivity index (χ3v) is 5.68. The molecule has 0 unspecified atom stereocenters. The third-order valence-electron chi connectivity index (χ3n) is 5.68. The molecule has 5 rings (SSSR count). The number of benzene rings is 4. The molecule has 1 aromatic heterocycles. The molecule has 33 heavy (non-hydrogen) atoms. The largest absolute Gasteiger partial charge is 0.493 e. The Morgan fingerprint density at radius 1 is 0.758 bits per heavy atom. The minimum atomic E-state index is 0.403. The summed E-state index contributed by atoms with van der Waals surface area (Å²) >= 11 is 0. The van der Waals surface area contributed by atoms with Gasteiger partial charge in [0.15, 0.2) is 11.5 Å². The molecule has 0 saturated heterocycles. The average molecular weight is 439 g/mol. The molecule has 0 N–H and O–H groups in total. The van der Waals surface area contributed by atoms with Gasteiger partial charge in [0, 0.05) is 6.54 Å². The Bertz CT molecular complexity index is 1380. The highest BCUT2D eigenvalue weighted by molar-refractivity contribution is 5.83. The van der Waals surface area contributed by atoms with Gasteiger partial charge in [0.2, 0.25) is 0 Å². The van der Waals surface area contributed by atoms with Gasteiger partial charge < -0.3 is 18.8 Å². The molecule has 0 amide bonds. The molecule has 166 valence electrons. The van der Waals surface area contributed by atoms with Gasteiger partial charge in [0.1, 0.15) is 18.2 Å². The van der Waals surface area contributed by atoms with Crippen molar-refractivity contribution in [3.05, 3.63) is 96.8 Å². The van der Waals surface area contributed by atoms with Gasteiger partial charge in [-0.3, -0.25) is 0 Å². The summed E-state index contributed by atoms with van der Waals surface area (Å²) in [4.78, 5) is 4.83. The second-order valence-corrected chi connectivity index (χ2v) is 7.82. The van der Waals surface area contributed by atoms with Gasteiger partial charge in [0.25, 0.3) is 0 Å². The molecule has 0 fully saturated rings. The Labute approximate surface area is 193 Å². The van der Waals surface area contributed by atoms with E-state index in [4.69, 9.17) is 19.2 Å². The number of imidazole rings is 1. The van der Waals surface area contributed by atoms with E-state index in [2.05, 4.69) is 34.9 Å². The zero-order chi connectivity index (χ0) is 22.5. The van der Waals surface area contributed by atoms with E-state index in [-0.39, 0.29) is 0 Å². The van der Waals surface area contributed by atoms with Crippen LogP contribution >= 0.6 is 0 Å². The second-order valence-electron chi connectivity index (χ2n) is 7.82. The van der Waals surface area contributed by atoms with E-state index in [1.807, 2.05) is 60.7 Å². The van der Waals surface area contributed by atoms with Crippen LogP contribution in [0.4, 0.5) is 0 Å². The zero-order valence-electron chi connectivity index (χ0n) is 18.6. The molecule has 4 aromatic carbocycles. The lowest BCUT2D eigenvalue weighted by molar-refractivity contribution is 0.273. The van der Waals surface area contributed by atoms with Crippen molar-refractivity contribution in [1.29, 1.82) is 0 Å². The van der Waals surface area contributed by atoms with Crippen LogP contribution in [0.5, 0.6) is 17.2 Å². The maximum Gasteiger partial charge on any atom is 0.161 e. The molecular formula is C28H26N2O3. The Kier molecular flexibility index (Phi) is 6.11. The summed E-state index contributed by atoms with van der Waals surface area (Å²) in [5.74, 6) is 3.25. The predicted molar refractivity (Wildman–Crippen MR) is 131 cm³/mol. The van der Waals surface area contributed by atoms with Gasteiger partial charge in [-0.15, -0.1) is 0 Å². The number of methoxy groups -OCH3 is 1. The standard InChI is InChI=1S/C28H26N2O3/c1-31-26-13-6-7-14-27(26)32-18-8-17-30-25-12-5-4-11-24(25)29-28(30)20-33-23-16-15-21-9-2-3-10-22(21)19-23/h2-7,9-16,19H,8,17-18,20H2,1H3. The van der Waals surface area contributed by atoms with Crippen LogP contribution < -0.4 is 14.2 Å². The van der Waals surface area contributed by atoms with Crippen LogP contribution in [0.25, 0.3) is 21.8 Å². The van der Waals surface area contributed by atoms with Gasteiger partial charge in [-0.2, -0.15) is 0 Å². The molecule has 1 heterocycles. The Balaban J connectivity index is 1.29. The SMILES string of the molecule is COc1ccccc1OCCCn1c(COc2ccc3ccccc3c2)nc2ccccc21. The van der Waals surface area contributed by atoms with Gasteiger partial charge in [-0.25, -0.2) is 4.98 Å². The lowest BCUT2D eigenvalue weighted by atomic mass is 10.1. The van der Waals surface area contributed by atoms with Crippen molar-refractivity contribution in [1.82, 2.24) is 9.55 Å². The number of fused-ring (bicyclic) bond motifs is 2. The fourth-order valence-electron chi connectivity index (χ4n) is 4.03. The Morgan fingerprint density at radius 2 is 1.52 bits per heavy atom. The number of hydrogen-bond acceptors (Lipinski definition) is 4. The maximum absolute atomic E-state index is 6.15. The van der Waals surface area contributed by atoms with Crippen molar-refractivity contribution >= 4 is 21.8 Å². The lowest BCUT2D eigenvalue weighted by Crippen LogP contribution is -2.10. The quantitative estimate of drug-likeness (QED) is 0.255. The normalized spacial score (nSPS) is 11.1. The van der Waals surface area contributed by atoms with Crippen molar-refractivity contribution in [2.45, 2.75) is 19.6 Å².